The van der Waals surface area contributed by atoms with Gasteiger partial charge in [-0.25, -0.2) is 13.2 Å². The molecule has 0 aliphatic heterocycles. The summed E-state index contributed by atoms with van der Waals surface area (Å²) in [7, 11) is 0. The van der Waals surface area contributed by atoms with Gasteiger partial charge in [-0.05, 0) is 11.6 Å². The van der Waals surface area contributed by atoms with Crippen LogP contribution in [0.1, 0.15) is 28.0 Å². The molecule has 3 nitrogen and oxygen atoms in total. The molecule has 0 atom stereocenters. The summed E-state index contributed by atoms with van der Waals surface area (Å²) in [4.78, 5) is 13.8. The van der Waals surface area contributed by atoms with E-state index in [0.29, 0.717) is 6.20 Å². The number of halogens is 4. The Kier molecular flexibility index (Phi) is 3.27. The second-order valence-corrected chi connectivity index (χ2v) is 2.78. The third kappa shape index (κ3) is 2.07. The predicted molar refractivity (Wildman–Crippen MR) is 44.1 cm³/mol. The molecule has 0 bridgehead atoms. The number of hydrogen-bond donors (Lipinski definition) is 0. The van der Waals surface area contributed by atoms with Crippen molar-refractivity contribution in [1.82, 2.24) is 4.98 Å². The number of carbonyl (C=O) groups excluding carboxylic acids is 1. The fourth-order valence-corrected chi connectivity index (χ4v) is 1.11. The minimum Gasteiger partial charge on any atom is -0.275 e. The Balaban J connectivity index is 3.53. The van der Waals surface area contributed by atoms with Gasteiger partial charge in [0.15, 0.2) is 5.82 Å². The van der Waals surface area contributed by atoms with Crippen molar-refractivity contribution in [2.24, 2.45) is 0 Å². The molecule has 0 N–H and O–H groups in total. The molecule has 15 heavy (non-hydrogen) atoms. The smallest absolute Gasteiger partial charge is 0.275 e. The fraction of sp³-hybridized carbons (Fsp3) is 0.125. The summed E-state index contributed by atoms with van der Waals surface area (Å²) in [6.07, 6.45) is -2.51. The summed E-state index contributed by atoms with van der Waals surface area (Å²) in [5.74, 6) is -1.37. The van der Waals surface area contributed by atoms with Gasteiger partial charge in [0.1, 0.15) is 17.3 Å². The van der Waals surface area contributed by atoms with Crippen LogP contribution in [-0.4, -0.2) is 10.2 Å². The lowest BCUT2D eigenvalue weighted by Gasteiger charge is -2.05. The van der Waals surface area contributed by atoms with Gasteiger partial charge < -0.3 is 0 Å². The van der Waals surface area contributed by atoms with Gasteiger partial charge in [-0.2, -0.15) is 5.26 Å². The molecule has 0 aromatic carbocycles. The van der Waals surface area contributed by atoms with E-state index < -0.39 is 34.3 Å². The molecule has 0 aliphatic rings. The van der Waals surface area contributed by atoms with Crippen LogP contribution in [0.5, 0.6) is 0 Å². The predicted octanol–water partition coefficient (Wildman–Crippen LogP) is 2.41. The third-order valence-corrected chi connectivity index (χ3v) is 1.76. The lowest BCUT2D eigenvalue weighted by atomic mass is 10.1. The zero-order chi connectivity index (χ0) is 11.6. The van der Waals surface area contributed by atoms with E-state index in [0.717, 1.165) is 0 Å². The quantitative estimate of drug-likeness (QED) is 0.739. The summed E-state index contributed by atoms with van der Waals surface area (Å²) in [6, 6.07) is 1.36. The van der Waals surface area contributed by atoms with Crippen molar-refractivity contribution < 1.29 is 18.0 Å². The van der Waals surface area contributed by atoms with E-state index in [1.165, 1.54) is 6.07 Å². The van der Waals surface area contributed by atoms with Crippen molar-refractivity contribution in [2.75, 3.05) is 0 Å². The molecule has 0 spiro atoms. The normalized spacial score (nSPS) is 10.1. The first-order chi connectivity index (χ1) is 6.99. The molecule has 0 fully saturated rings. The molecule has 7 heteroatoms. The number of aromatic nitrogens is 1. The van der Waals surface area contributed by atoms with E-state index in [1.807, 2.05) is 0 Å². The van der Waals surface area contributed by atoms with Crippen molar-refractivity contribution in [3.8, 4) is 6.07 Å². The molecule has 0 saturated carbocycles. The number of pyridine rings is 1. The summed E-state index contributed by atoms with van der Waals surface area (Å²) in [6.45, 7) is 0. The minimum atomic E-state index is -3.13. The largest absolute Gasteiger partial charge is 0.281 e. The first kappa shape index (κ1) is 11.5. The molecule has 0 saturated heterocycles. The average Bonchev–Trinajstić information content (AvgIpc) is 2.16. The molecule has 1 rings (SSSR count). The second kappa shape index (κ2) is 4.28. The van der Waals surface area contributed by atoms with Crippen LogP contribution >= 0.6 is 11.6 Å². The Morgan fingerprint density at radius 2 is 2.20 bits per heavy atom. The molecule has 0 unspecified atom stereocenters. The van der Waals surface area contributed by atoms with E-state index in [9.17, 15) is 18.0 Å². The highest BCUT2D eigenvalue weighted by Crippen LogP contribution is 2.25. The maximum Gasteiger partial charge on any atom is 0.281 e. The van der Waals surface area contributed by atoms with E-state index >= 15 is 0 Å². The third-order valence-electron chi connectivity index (χ3n) is 1.57. The molecule has 0 aliphatic carbocycles. The number of nitriles is 1. The zero-order valence-electron chi connectivity index (χ0n) is 6.97. The Bertz CT molecular complexity index is 456. The van der Waals surface area contributed by atoms with Crippen LogP contribution in [-0.2, 0) is 0 Å². The molecule has 0 radical (unpaired) electrons. The number of hydrogen-bond acceptors (Lipinski definition) is 3. The number of nitrogens with zero attached hydrogens (tertiary/aromatic N) is 2. The maximum absolute atomic E-state index is 13.2. The SMILES string of the molecule is N#Cc1cnc(C(F)F)c(C(=O)Cl)c1F. The van der Waals surface area contributed by atoms with Crippen LogP contribution in [0.25, 0.3) is 0 Å². The van der Waals surface area contributed by atoms with Crippen LogP contribution in [0.4, 0.5) is 13.2 Å². The monoisotopic (exact) mass is 234 g/mol. The highest BCUT2D eigenvalue weighted by molar-refractivity contribution is 6.67. The maximum atomic E-state index is 13.2. The van der Waals surface area contributed by atoms with Gasteiger partial charge in [-0.3, -0.25) is 9.78 Å². The topological polar surface area (TPSA) is 53.8 Å². The van der Waals surface area contributed by atoms with Crippen LogP contribution in [0.3, 0.4) is 0 Å². The Labute approximate surface area is 87.1 Å². The van der Waals surface area contributed by atoms with E-state index in [4.69, 9.17) is 16.9 Å². The summed E-state index contributed by atoms with van der Waals surface area (Å²) >= 11 is 4.92. The summed E-state index contributed by atoms with van der Waals surface area (Å²) < 4.78 is 37.8. The standard InChI is InChI=1S/C8H2ClF3N2O/c9-7(15)4-5(10)3(1-13)2-14-6(4)8(11)12/h2,8H. The van der Waals surface area contributed by atoms with E-state index in [1.54, 1.807) is 0 Å². The van der Waals surface area contributed by atoms with Crippen molar-refractivity contribution in [1.29, 1.82) is 5.26 Å². The number of rotatable bonds is 2. The number of alkyl halides is 2. The lowest BCUT2D eigenvalue weighted by Crippen LogP contribution is -2.07. The molecule has 1 heterocycles. The van der Waals surface area contributed by atoms with Crippen LogP contribution in [0.2, 0.25) is 0 Å². The first-order valence-electron chi connectivity index (χ1n) is 3.55. The Hall–Kier alpha value is -1.61. The van der Waals surface area contributed by atoms with Crippen molar-refractivity contribution in [2.45, 2.75) is 6.43 Å². The molecule has 1 aromatic rings. The molecule has 0 amide bonds. The van der Waals surface area contributed by atoms with Crippen LogP contribution < -0.4 is 0 Å². The van der Waals surface area contributed by atoms with Gasteiger partial charge in [0.05, 0.1) is 5.56 Å². The Morgan fingerprint density at radius 3 is 2.60 bits per heavy atom. The Morgan fingerprint density at radius 1 is 1.60 bits per heavy atom. The van der Waals surface area contributed by atoms with Gasteiger partial charge in [0.2, 0.25) is 0 Å². The molecular formula is C8H2ClF3N2O. The van der Waals surface area contributed by atoms with E-state index in [-0.39, 0.29) is 0 Å². The molecular weight excluding hydrogens is 233 g/mol. The van der Waals surface area contributed by atoms with Crippen molar-refractivity contribution in [3.05, 3.63) is 28.8 Å². The highest BCUT2D eigenvalue weighted by Gasteiger charge is 2.25. The summed E-state index contributed by atoms with van der Waals surface area (Å²) in [5.41, 5.74) is -2.72. The number of carbonyl (C=O) groups is 1. The summed E-state index contributed by atoms with van der Waals surface area (Å²) in [5, 5.41) is 6.97. The zero-order valence-corrected chi connectivity index (χ0v) is 7.73. The van der Waals surface area contributed by atoms with Crippen molar-refractivity contribution in [3.63, 3.8) is 0 Å². The lowest BCUT2D eigenvalue weighted by molar-refractivity contribution is 0.105. The molecule has 1 aromatic heterocycles. The van der Waals surface area contributed by atoms with Crippen LogP contribution in [0, 0.1) is 17.1 Å². The average molecular weight is 235 g/mol. The first-order valence-corrected chi connectivity index (χ1v) is 3.93. The van der Waals surface area contributed by atoms with Gasteiger partial charge in [0.25, 0.3) is 11.7 Å². The van der Waals surface area contributed by atoms with Gasteiger partial charge in [-0.1, -0.05) is 0 Å². The van der Waals surface area contributed by atoms with E-state index in [2.05, 4.69) is 4.98 Å². The van der Waals surface area contributed by atoms with Gasteiger partial charge in [-0.15, -0.1) is 0 Å². The van der Waals surface area contributed by atoms with Gasteiger partial charge in [0, 0.05) is 6.20 Å². The fourth-order valence-electron chi connectivity index (χ4n) is 0.933. The van der Waals surface area contributed by atoms with Gasteiger partial charge >= 0.3 is 0 Å². The highest BCUT2D eigenvalue weighted by atomic mass is 35.5. The van der Waals surface area contributed by atoms with Crippen LogP contribution in [0.15, 0.2) is 6.20 Å². The molecule has 78 valence electrons. The second-order valence-electron chi connectivity index (χ2n) is 2.43. The van der Waals surface area contributed by atoms with Crippen molar-refractivity contribution >= 4 is 16.8 Å². The minimum absolute atomic E-state index is 0.608.